The lowest BCUT2D eigenvalue weighted by Crippen LogP contribution is -2.21. The first kappa shape index (κ1) is 28.5. The highest BCUT2D eigenvalue weighted by Gasteiger charge is 2.28. The number of primary amides is 1. The Bertz CT molecular complexity index is 1640. The monoisotopic (exact) mass is 578 g/mol. The van der Waals surface area contributed by atoms with E-state index in [0.29, 0.717) is 23.6 Å². The number of hydrogen-bond acceptors (Lipinski definition) is 8. The van der Waals surface area contributed by atoms with Gasteiger partial charge in [0.25, 0.3) is 15.9 Å². The molecule has 4 aromatic rings. The average molecular weight is 579 g/mol. The highest BCUT2D eigenvalue weighted by molar-refractivity contribution is 7.93. The summed E-state index contributed by atoms with van der Waals surface area (Å²) in [6.45, 7) is 3.48. The van der Waals surface area contributed by atoms with Crippen molar-refractivity contribution < 1.29 is 35.6 Å². The quantitative estimate of drug-likeness (QED) is 0.231. The predicted molar refractivity (Wildman–Crippen MR) is 140 cm³/mol. The van der Waals surface area contributed by atoms with Crippen LogP contribution in [0.4, 0.5) is 30.5 Å². The van der Waals surface area contributed by atoms with E-state index in [1.807, 2.05) is 11.6 Å². The van der Waals surface area contributed by atoms with Gasteiger partial charge in [0.2, 0.25) is 0 Å². The first-order valence-corrected chi connectivity index (χ1v) is 13.4. The number of hydrogen-bond donors (Lipinski definition) is 3. The third-order valence-corrected chi connectivity index (χ3v) is 6.81. The Hall–Kier alpha value is -4.53. The second-order valence-electron chi connectivity index (χ2n) is 8.65. The molecule has 0 bridgehead atoms. The van der Waals surface area contributed by atoms with E-state index < -0.39 is 33.6 Å². The van der Waals surface area contributed by atoms with E-state index in [-0.39, 0.29) is 34.1 Å². The molecule has 1 amide bonds. The molecule has 212 valence electrons. The lowest BCUT2D eigenvalue weighted by molar-refractivity contribution is 0.100. The first-order chi connectivity index (χ1) is 18.9. The van der Waals surface area contributed by atoms with Crippen LogP contribution in [0.1, 0.15) is 41.6 Å². The number of sulfonamides is 1. The van der Waals surface area contributed by atoms with Gasteiger partial charge in [0, 0.05) is 25.1 Å². The lowest BCUT2D eigenvalue weighted by atomic mass is 10.1. The van der Waals surface area contributed by atoms with Gasteiger partial charge in [-0.1, -0.05) is 30.3 Å². The molecule has 0 radical (unpaired) electrons. The maximum absolute atomic E-state index is 13.4. The van der Waals surface area contributed by atoms with Crippen LogP contribution in [0.15, 0.2) is 53.1 Å². The smallest absolute Gasteiger partial charge is 0.355 e. The van der Waals surface area contributed by atoms with E-state index in [0.717, 1.165) is 0 Å². The molecule has 11 nitrogen and oxygen atoms in total. The number of aryl methyl sites for hydroxylation is 2. The third-order valence-electron chi connectivity index (χ3n) is 5.83. The zero-order valence-electron chi connectivity index (χ0n) is 21.5. The number of nitrogens with two attached hydrogens (primary N) is 1. The van der Waals surface area contributed by atoms with E-state index in [2.05, 4.69) is 15.6 Å². The highest BCUT2D eigenvalue weighted by Crippen LogP contribution is 2.37. The number of aromatic nitrogens is 3. The molecule has 0 aliphatic heterocycles. The largest absolute Gasteiger partial charge is 0.484 e. The van der Waals surface area contributed by atoms with Crippen molar-refractivity contribution in [3.8, 4) is 17.0 Å². The van der Waals surface area contributed by atoms with E-state index in [4.69, 9.17) is 15.0 Å². The van der Waals surface area contributed by atoms with Crippen molar-refractivity contribution in [3.05, 3.63) is 71.2 Å². The summed E-state index contributed by atoms with van der Waals surface area (Å²) in [5, 5.41) is 11.2. The standard InChI is InChI=1S/C25H25F3N6O5S/c1-4-17-12-20(32-39-17)30-24-21(23(29)35)22(31-34(24)3)15-7-10-18(33-40(36,37)25(27)28)19(11-15)38-13(2)14-5-8-16(26)9-6-14/h5-13,25,33H,4H2,1-3H3,(H2,29,35)(H,30,32)/t13-/m0/s1. The Kier molecular flexibility index (Phi) is 8.04. The van der Waals surface area contributed by atoms with Crippen LogP contribution in [0.3, 0.4) is 0 Å². The topological polar surface area (TPSA) is 154 Å². The van der Waals surface area contributed by atoms with Gasteiger partial charge in [0.1, 0.15) is 40.5 Å². The fraction of sp³-hybridized carbons (Fsp3) is 0.240. The van der Waals surface area contributed by atoms with Gasteiger partial charge in [-0.05, 0) is 36.8 Å². The van der Waals surface area contributed by atoms with Crippen LogP contribution in [-0.2, 0) is 23.5 Å². The molecular weight excluding hydrogens is 553 g/mol. The summed E-state index contributed by atoms with van der Waals surface area (Å²) in [6.07, 6.45) is -0.170. The summed E-state index contributed by atoms with van der Waals surface area (Å²) in [4.78, 5) is 12.5. The number of nitrogens with zero attached hydrogens (tertiary/aromatic N) is 3. The minimum atomic E-state index is -5.05. The zero-order valence-corrected chi connectivity index (χ0v) is 22.3. The molecule has 0 saturated carbocycles. The van der Waals surface area contributed by atoms with Gasteiger partial charge in [-0.25, -0.2) is 12.8 Å². The van der Waals surface area contributed by atoms with Gasteiger partial charge in [0.05, 0.1) is 5.69 Å². The molecule has 1 atom stereocenters. The number of carbonyl (C=O) groups excluding carboxylic acids is 1. The molecule has 4 N–H and O–H groups in total. The molecule has 2 heterocycles. The second kappa shape index (κ2) is 11.3. The van der Waals surface area contributed by atoms with E-state index in [1.54, 1.807) is 20.0 Å². The van der Waals surface area contributed by atoms with E-state index >= 15 is 0 Å². The summed E-state index contributed by atoms with van der Waals surface area (Å²) >= 11 is 0. The lowest BCUT2D eigenvalue weighted by Gasteiger charge is -2.19. The molecule has 0 spiro atoms. The van der Waals surface area contributed by atoms with Gasteiger partial charge in [-0.2, -0.15) is 13.9 Å². The third kappa shape index (κ3) is 6.03. The molecule has 40 heavy (non-hydrogen) atoms. The fourth-order valence-electron chi connectivity index (χ4n) is 3.80. The molecule has 4 rings (SSSR count). The summed E-state index contributed by atoms with van der Waals surface area (Å²) < 4.78 is 77.8. The molecule has 0 aliphatic carbocycles. The number of nitrogens with one attached hydrogen (secondary N) is 2. The molecule has 0 saturated heterocycles. The van der Waals surface area contributed by atoms with Crippen molar-refractivity contribution >= 4 is 33.3 Å². The molecule has 15 heteroatoms. The van der Waals surface area contributed by atoms with Crippen molar-refractivity contribution in [1.29, 1.82) is 0 Å². The maximum Gasteiger partial charge on any atom is 0.355 e. The number of amides is 1. The summed E-state index contributed by atoms with van der Waals surface area (Å²) in [5.74, 6) is -4.06. The van der Waals surface area contributed by atoms with Gasteiger partial charge in [-0.15, -0.1) is 0 Å². The van der Waals surface area contributed by atoms with Gasteiger partial charge in [0.15, 0.2) is 5.82 Å². The summed E-state index contributed by atoms with van der Waals surface area (Å²) in [6, 6.07) is 10.9. The molecule has 2 aromatic heterocycles. The molecule has 0 fully saturated rings. The van der Waals surface area contributed by atoms with E-state index in [9.17, 15) is 26.4 Å². The van der Waals surface area contributed by atoms with E-state index in [1.165, 1.54) is 47.1 Å². The average Bonchev–Trinajstić information content (AvgIpc) is 3.49. The van der Waals surface area contributed by atoms with Crippen LogP contribution in [0.2, 0.25) is 0 Å². The number of rotatable bonds is 11. The van der Waals surface area contributed by atoms with Gasteiger partial charge >= 0.3 is 5.76 Å². The van der Waals surface area contributed by atoms with Crippen molar-refractivity contribution in [2.45, 2.75) is 32.1 Å². The highest BCUT2D eigenvalue weighted by atomic mass is 32.2. The Balaban J connectivity index is 1.78. The molecular formula is C25H25F3N6O5S. The molecule has 2 aromatic carbocycles. The zero-order chi connectivity index (χ0) is 29.2. The predicted octanol–water partition coefficient (Wildman–Crippen LogP) is 4.72. The number of carbonyl (C=O) groups is 1. The SMILES string of the molecule is CCc1cc(Nc2c(C(N)=O)c(-c3ccc(NS(=O)(=O)C(F)F)c(O[C@@H](C)c4ccc(F)cc4)c3)nn2C)no1. The molecule has 0 aliphatic rings. The first-order valence-electron chi connectivity index (χ1n) is 11.8. The Morgan fingerprint density at radius 3 is 2.48 bits per heavy atom. The van der Waals surface area contributed by atoms with Crippen LogP contribution in [-0.4, -0.2) is 35.0 Å². The maximum atomic E-state index is 13.4. The van der Waals surface area contributed by atoms with Crippen LogP contribution >= 0.6 is 0 Å². The Labute approximate surface area is 227 Å². The normalized spacial score (nSPS) is 12.4. The number of alkyl halides is 2. The summed E-state index contributed by atoms with van der Waals surface area (Å²) in [7, 11) is -3.50. The minimum absolute atomic E-state index is 0.0259. The Morgan fingerprint density at radius 2 is 1.88 bits per heavy atom. The number of anilines is 3. The number of halogens is 3. The fourth-order valence-corrected chi connectivity index (χ4v) is 4.37. The van der Waals surface area contributed by atoms with Crippen molar-refractivity contribution in [1.82, 2.24) is 14.9 Å². The van der Waals surface area contributed by atoms with Crippen molar-refractivity contribution in [3.63, 3.8) is 0 Å². The second-order valence-corrected chi connectivity index (χ2v) is 10.3. The minimum Gasteiger partial charge on any atom is -0.484 e. The van der Waals surface area contributed by atoms with Crippen molar-refractivity contribution in [2.75, 3.05) is 10.0 Å². The van der Waals surface area contributed by atoms with Crippen LogP contribution in [0, 0.1) is 5.82 Å². The number of benzene rings is 2. The molecule has 0 unspecified atom stereocenters. The Morgan fingerprint density at radius 1 is 1.18 bits per heavy atom. The van der Waals surface area contributed by atoms with Gasteiger partial charge in [-0.3, -0.25) is 14.2 Å². The van der Waals surface area contributed by atoms with Crippen LogP contribution in [0.5, 0.6) is 5.75 Å². The van der Waals surface area contributed by atoms with Crippen molar-refractivity contribution in [2.24, 2.45) is 12.8 Å². The summed E-state index contributed by atoms with van der Waals surface area (Å²) in [5.41, 5.74) is 6.25. The number of ether oxygens (including phenoxy) is 1. The van der Waals surface area contributed by atoms with Gasteiger partial charge < -0.3 is 20.3 Å². The van der Waals surface area contributed by atoms with Crippen LogP contribution < -0.4 is 20.5 Å². The van der Waals surface area contributed by atoms with Crippen LogP contribution in [0.25, 0.3) is 11.3 Å².